The maximum absolute atomic E-state index is 11.6. The molecule has 0 bridgehead atoms. The number of hydrogen-bond acceptors (Lipinski definition) is 4. The fourth-order valence-corrected chi connectivity index (χ4v) is 12.7. The van der Waals surface area contributed by atoms with Crippen molar-refractivity contribution < 1.29 is 16.8 Å². The van der Waals surface area contributed by atoms with Crippen LogP contribution in [-0.4, -0.2) is 43.1 Å². The van der Waals surface area contributed by atoms with Crippen molar-refractivity contribution in [2.45, 2.75) is 9.79 Å². The van der Waals surface area contributed by atoms with Crippen molar-refractivity contribution in [2.75, 3.05) is 0 Å². The fraction of sp³-hybridized carbons (Fsp3) is 0. The van der Waals surface area contributed by atoms with Crippen LogP contribution in [0.2, 0.25) is 0 Å². The molecule has 0 amide bonds. The summed E-state index contributed by atoms with van der Waals surface area (Å²) in [4.78, 5) is 0.176. The summed E-state index contributed by atoms with van der Waals surface area (Å²) in [6, 6.07) is 13.0. The number of hydrogen-bond donors (Lipinski definition) is 2. The predicted molar refractivity (Wildman–Crippen MR) is 86.4 cm³/mol. The van der Waals surface area contributed by atoms with Crippen LogP contribution in [0.1, 0.15) is 0 Å². The molecule has 6 nitrogen and oxygen atoms in total. The van der Waals surface area contributed by atoms with Crippen molar-refractivity contribution in [3.63, 3.8) is 0 Å². The van der Waals surface area contributed by atoms with Gasteiger partial charge in [-0.15, -0.1) is 0 Å². The zero-order chi connectivity index (χ0) is 16.4. The van der Waals surface area contributed by atoms with E-state index >= 15 is 0 Å². The van der Waals surface area contributed by atoms with E-state index in [1.807, 2.05) is 0 Å². The van der Waals surface area contributed by atoms with E-state index in [-0.39, 0.29) is 36.1 Å². The summed E-state index contributed by atoms with van der Waals surface area (Å²) < 4.78 is 47.5. The monoisotopic (exact) mass is 472 g/mol. The molecule has 0 heterocycles. The van der Waals surface area contributed by atoms with Gasteiger partial charge in [-0.2, -0.15) is 0 Å². The molecule has 0 aliphatic rings. The van der Waals surface area contributed by atoms with Crippen LogP contribution in [0.3, 0.4) is 0 Å². The Morgan fingerprint density at radius 2 is 0.955 bits per heavy atom. The third-order valence-corrected chi connectivity index (χ3v) is 12.3. The Labute approximate surface area is 140 Å². The van der Waals surface area contributed by atoms with Crippen LogP contribution in [0.15, 0.2) is 58.3 Å². The normalized spacial score (nSPS) is 12.3. The van der Waals surface area contributed by atoms with E-state index in [4.69, 9.17) is 10.3 Å². The summed E-state index contributed by atoms with van der Waals surface area (Å²) in [7, 11) is -7.59. The summed E-state index contributed by atoms with van der Waals surface area (Å²) in [6.45, 7) is 0. The molecule has 0 spiro atoms. The molecule has 0 radical (unpaired) electrons. The average Bonchev–Trinajstić information content (AvgIpc) is 2.44. The Morgan fingerprint density at radius 3 is 1.27 bits per heavy atom. The van der Waals surface area contributed by atoms with Gasteiger partial charge in [0.15, 0.2) is 0 Å². The molecule has 0 aromatic heterocycles. The molecular weight excluding hydrogens is 458 g/mol. The van der Waals surface area contributed by atoms with Gasteiger partial charge in [-0.05, 0) is 0 Å². The van der Waals surface area contributed by atoms with Crippen LogP contribution in [0.4, 0.5) is 0 Å². The molecule has 2 rings (SSSR count). The Kier molecular flexibility index (Phi) is 5.47. The molecule has 0 aliphatic heterocycles. The SMILES string of the molecule is NS(=O)(=O)c1ccccc1[Se][Se]c1ccccc1S(N)(=O)=O. The van der Waals surface area contributed by atoms with Gasteiger partial charge in [0.2, 0.25) is 0 Å². The second-order valence-corrected chi connectivity index (χ2v) is 13.4. The van der Waals surface area contributed by atoms with Gasteiger partial charge in [-0.3, -0.25) is 0 Å². The summed E-state index contributed by atoms with van der Waals surface area (Å²) in [5, 5.41) is 10.4. The van der Waals surface area contributed by atoms with Crippen molar-refractivity contribution >= 4 is 55.2 Å². The molecular formula is C12H12N2O4S2Se2. The summed E-state index contributed by atoms with van der Waals surface area (Å²) in [6.07, 6.45) is 0. The second kappa shape index (κ2) is 6.82. The van der Waals surface area contributed by atoms with Gasteiger partial charge in [0.25, 0.3) is 0 Å². The molecule has 2 aromatic rings. The molecule has 2 aromatic carbocycles. The van der Waals surface area contributed by atoms with Gasteiger partial charge < -0.3 is 0 Å². The van der Waals surface area contributed by atoms with Crippen molar-refractivity contribution in [3.05, 3.63) is 48.5 Å². The molecule has 0 aliphatic carbocycles. The van der Waals surface area contributed by atoms with E-state index in [1.165, 1.54) is 12.1 Å². The third kappa shape index (κ3) is 4.41. The van der Waals surface area contributed by atoms with E-state index in [0.717, 1.165) is 0 Å². The number of benzene rings is 2. The number of rotatable bonds is 5. The second-order valence-electron chi connectivity index (χ2n) is 4.15. The quantitative estimate of drug-likeness (QED) is 0.504. The molecule has 4 N–H and O–H groups in total. The minimum absolute atomic E-state index is 0.0879. The van der Waals surface area contributed by atoms with Gasteiger partial charge in [-0.1, -0.05) is 0 Å². The van der Waals surface area contributed by atoms with Crippen LogP contribution >= 0.6 is 0 Å². The standard InChI is InChI=1S/C12H12N2O4S2Se2/c13-19(15,16)9-5-1-3-7-11(9)21-22-12-8-4-2-6-10(12)20(14,17)18/h1-8H,(H2,13,15,16)(H2,14,17,18). The fourth-order valence-electron chi connectivity index (χ4n) is 1.60. The first-order chi connectivity index (χ1) is 10.2. The van der Waals surface area contributed by atoms with Gasteiger partial charge in [0, 0.05) is 0 Å². The van der Waals surface area contributed by atoms with Crippen LogP contribution in [0, 0.1) is 0 Å². The van der Waals surface area contributed by atoms with Crippen molar-refractivity contribution in [2.24, 2.45) is 10.3 Å². The Balaban J connectivity index is 2.34. The molecule has 0 unspecified atom stereocenters. The first-order valence-electron chi connectivity index (χ1n) is 5.78. The van der Waals surface area contributed by atoms with E-state index in [1.54, 1.807) is 36.4 Å². The van der Waals surface area contributed by atoms with E-state index in [2.05, 4.69) is 0 Å². The van der Waals surface area contributed by atoms with Gasteiger partial charge >= 0.3 is 141 Å². The topological polar surface area (TPSA) is 120 Å². The number of nitrogens with two attached hydrogens (primary N) is 2. The number of primary sulfonamides is 2. The molecule has 0 saturated heterocycles. The summed E-state index contributed by atoms with van der Waals surface area (Å²) in [5.74, 6) is 0. The van der Waals surface area contributed by atoms with Gasteiger partial charge in [-0.25, -0.2) is 0 Å². The molecule has 0 fully saturated rings. The first kappa shape index (κ1) is 17.6. The molecule has 10 heteroatoms. The zero-order valence-electron chi connectivity index (χ0n) is 11.0. The maximum atomic E-state index is 11.6. The third-order valence-electron chi connectivity index (χ3n) is 2.53. The van der Waals surface area contributed by atoms with Gasteiger partial charge in [0.05, 0.1) is 0 Å². The molecule has 0 saturated carbocycles. The number of sulfonamides is 2. The van der Waals surface area contributed by atoms with Crippen molar-refractivity contribution in [1.29, 1.82) is 0 Å². The predicted octanol–water partition coefficient (Wildman–Crippen LogP) is -1.74. The van der Waals surface area contributed by atoms with E-state index in [9.17, 15) is 16.8 Å². The first-order valence-corrected chi connectivity index (χ1v) is 14.9. The average molecular weight is 470 g/mol. The van der Waals surface area contributed by atoms with Crippen molar-refractivity contribution in [1.82, 2.24) is 0 Å². The van der Waals surface area contributed by atoms with Crippen LogP contribution in [-0.2, 0) is 20.0 Å². The van der Waals surface area contributed by atoms with Crippen LogP contribution in [0.25, 0.3) is 0 Å². The van der Waals surface area contributed by atoms with Gasteiger partial charge in [0.1, 0.15) is 0 Å². The van der Waals surface area contributed by atoms with Crippen molar-refractivity contribution in [3.8, 4) is 0 Å². The summed E-state index contributed by atoms with van der Waals surface area (Å²) >= 11 is -0.479. The molecule has 0 atom stereocenters. The Bertz CT molecular complexity index is 823. The molecule has 22 heavy (non-hydrogen) atoms. The van der Waals surface area contributed by atoms with Crippen LogP contribution < -0.4 is 19.2 Å². The zero-order valence-corrected chi connectivity index (χ0v) is 16.1. The Hall–Kier alpha value is -0.701. The molecule has 118 valence electrons. The van der Waals surface area contributed by atoms with Crippen LogP contribution in [0.5, 0.6) is 0 Å². The summed E-state index contributed by atoms with van der Waals surface area (Å²) in [5.41, 5.74) is 0. The Morgan fingerprint density at radius 1 is 0.636 bits per heavy atom. The van der Waals surface area contributed by atoms with E-state index in [0.29, 0.717) is 8.92 Å². The minimum atomic E-state index is -3.79. The van der Waals surface area contributed by atoms with E-state index < -0.39 is 20.0 Å².